The number of nitrogens with one attached hydrogen (secondary N) is 1. The molecule has 29 heavy (non-hydrogen) atoms. The Morgan fingerprint density at radius 1 is 1.03 bits per heavy atom. The average Bonchev–Trinajstić information content (AvgIpc) is 3.43. The van der Waals surface area contributed by atoms with Gasteiger partial charge in [0, 0.05) is 29.6 Å². The number of nitrogens with zero attached hydrogens (tertiary/aromatic N) is 4. The van der Waals surface area contributed by atoms with Gasteiger partial charge in [0.25, 0.3) is 5.91 Å². The summed E-state index contributed by atoms with van der Waals surface area (Å²) in [5.41, 5.74) is 4.73. The summed E-state index contributed by atoms with van der Waals surface area (Å²) in [4.78, 5) is 21.9. The second-order valence-electron chi connectivity index (χ2n) is 7.39. The first-order valence-electron chi connectivity index (χ1n) is 9.95. The highest BCUT2D eigenvalue weighted by Crippen LogP contribution is 2.25. The number of pyridine rings is 1. The van der Waals surface area contributed by atoms with Crippen LogP contribution in [0.5, 0.6) is 0 Å². The standard InChI is InChI=1S/C23H21N5O/c29-23(26-18-8-4-5-9-18)17-10-12-24-21(14-17)19-15-25-28-13-11-20(27-22(19)28)16-6-2-1-3-7-16/h1-3,6-7,10-15,18H,4-5,8-9H2,(H,26,29). The Kier molecular flexibility index (Phi) is 4.52. The van der Waals surface area contributed by atoms with Crippen LogP contribution in [0.1, 0.15) is 36.0 Å². The molecule has 3 aromatic heterocycles. The van der Waals surface area contributed by atoms with Gasteiger partial charge >= 0.3 is 0 Å². The third-order valence-corrected chi connectivity index (χ3v) is 5.43. The molecule has 1 amide bonds. The number of amides is 1. The van der Waals surface area contributed by atoms with E-state index >= 15 is 0 Å². The van der Waals surface area contributed by atoms with E-state index in [1.165, 1.54) is 12.8 Å². The van der Waals surface area contributed by atoms with Crippen molar-refractivity contribution in [1.29, 1.82) is 0 Å². The lowest BCUT2D eigenvalue weighted by atomic mass is 10.1. The fourth-order valence-corrected chi connectivity index (χ4v) is 3.88. The maximum absolute atomic E-state index is 12.6. The highest BCUT2D eigenvalue weighted by molar-refractivity contribution is 5.95. The normalized spacial score (nSPS) is 14.3. The summed E-state index contributed by atoms with van der Waals surface area (Å²) >= 11 is 0. The SMILES string of the molecule is O=C(NC1CCCC1)c1ccnc(-c2cnn3ccc(-c4ccccc4)nc23)c1. The quantitative estimate of drug-likeness (QED) is 0.575. The Balaban J connectivity index is 1.49. The van der Waals surface area contributed by atoms with E-state index < -0.39 is 0 Å². The van der Waals surface area contributed by atoms with Crippen LogP contribution in [0.3, 0.4) is 0 Å². The molecule has 0 aliphatic heterocycles. The molecule has 0 bridgehead atoms. The monoisotopic (exact) mass is 383 g/mol. The minimum absolute atomic E-state index is 0.0463. The highest BCUT2D eigenvalue weighted by atomic mass is 16.1. The van der Waals surface area contributed by atoms with Gasteiger partial charge < -0.3 is 5.32 Å². The van der Waals surface area contributed by atoms with Gasteiger partial charge in [-0.15, -0.1) is 0 Å². The molecule has 6 heteroatoms. The van der Waals surface area contributed by atoms with Gasteiger partial charge in [0.15, 0.2) is 5.65 Å². The Morgan fingerprint density at radius 2 is 1.86 bits per heavy atom. The summed E-state index contributed by atoms with van der Waals surface area (Å²) in [6, 6.07) is 15.8. The number of aromatic nitrogens is 4. The largest absolute Gasteiger partial charge is 0.349 e. The minimum atomic E-state index is -0.0463. The summed E-state index contributed by atoms with van der Waals surface area (Å²) in [5, 5.41) is 7.53. The van der Waals surface area contributed by atoms with Gasteiger partial charge in [-0.2, -0.15) is 5.10 Å². The summed E-state index contributed by atoms with van der Waals surface area (Å²) in [6.07, 6.45) is 9.80. The van der Waals surface area contributed by atoms with Gasteiger partial charge in [-0.25, -0.2) is 9.50 Å². The van der Waals surface area contributed by atoms with Crippen LogP contribution >= 0.6 is 0 Å². The molecule has 1 aliphatic carbocycles. The van der Waals surface area contributed by atoms with Crippen LogP contribution in [-0.4, -0.2) is 31.5 Å². The van der Waals surface area contributed by atoms with Gasteiger partial charge in [-0.05, 0) is 31.0 Å². The Hall–Kier alpha value is -3.54. The first-order chi connectivity index (χ1) is 14.3. The molecule has 1 aromatic carbocycles. The summed E-state index contributed by atoms with van der Waals surface area (Å²) < 4.78 is 1.73. The van der Waals surface area contributed by atoms with E-state index in [1.807, 2.05) is 48.7 Å². The van der Waals surface area contributed by atoms with E-state index in [0.29, 0.717) is 16.9 Å². The zero-order valence-electron chi connectivity index (χ0n) is 16.0. The fraction of sp³-hybridized carbons (Fsp3) is 0.217. The van der Waals surface area contributed by atoms with Crippen molar-refractivity contribution in [2.75, 3.05) is 0 Å². The molecule has 144 valence electrons. The molecule has 5 rings (SSSR count). The Labute approximate surface area is 168 Å². The minimum Gasteiger partial charge on any atom is -0.349 e. The van der Waals surface area contributed by atoms with E-state index in [4.69, 9.17) is 4.98 Å². The fourth-order valence-electron chi connectivity index (χ4n) is 3.88. The Bertz CT molecular complexity index is 1160. The molecule has 6 nitrogen and oxygen atoms in total. The van der Waals surface area contributed by atoms with Crippen LogP contribution in [-0.2, 0) is 0 Å². The van der Waals surface area contributed by atoms with Crippen LogP contribution in [0.15, 0.2) is 67.1 Å². The lowest BCUT2D eigenvalue weighted by molar-refractivity contribution is 0.0938. The number of fused-ring (bicyclic) bond motifs is 1. The first-order valence-corrected chi connectivity index (χ1v) is 9.95. The van der Waals surface area contributed by atoms with Crippen molar-refractivity contribution in [2.24, 2.45) is 0 Å². The Morgan fingerprint density at radius 3 is 2.69 bits per heavy atom. The van der Waals surface area contributed by atoms with E-state index in [-0.39, 0.29) is 11.9 Å². The molecule has 0 unspecified atom stereocenters. The summed E-state index contributed by atoms with van der Waals surface area (Å²) in [6.45, 7) is 0. The zero-order valence-corrected chi connectivity index (χ0v) is 16.0. The van der Waals surface area contributed by atoms with E-state index in [9.17, 15) is 4.79 Å². The number of rotatable bonds is 4. The summed E-state index contributed by atoms with van der Waals surface area (Å²) in [7, 11) is 0. The molecule has 1 saturated carbocycles. The number of carbonyl (C=O) groups is 1. The van der Waals surface area contributed by atoms with E-state index in [0.717, 1.165) is 29.7 Å². The van der Waals surface area contributed by atoms with Gasteiger partial charge in [-0.3, -0.25) is 9.78 Å². The van der Waals surface area contributed by atoms with Crippen molar-refractivity contribution in [3.05, 3.63) is 72.7 Å². The van der Waals surface area contributed by atoms with Crippen molar-refractivity contribution in [1.82, 2.24) is 24.9 Å². The maximum Gasteiger partial charge on any atom is 0.251 e. The van der Waals surface area contributed by atoms with E-state index in [1.54, 1.807) is 23.0 Å². The smallest absolute Gasteiger partial charge is 0.251 e. The van der Waals surface area contributed by atoms with Crippen LogP contribution in [0.25, 0.3) is 28.2 Å². The van der Waals surface area contributed by atoms with Crippen LogP contribution in [0.2, 0.25) is 0 Å². The van der Waals surface area contributed by atoms with Gasteiger partial charge in [-0.1, -0.05) is 43.2 Å². The first kappa shape index (κ1) is 17.6. The third-order valence-electron chi connectivity index (χ3n) is 5.43. The molecular formula is C23H21N5O. The zero-order chi connectivity index (χ0) is 19.6. The maximum atomic E-state index is 12.6. The molecule has 0 radical (unpaired) electrons. The lowest BCUT2D eigenvalue weighted by Crippen LogP contribution is -2.32. The lowest BCUT2D eigenvalue weighted by Gasteiger charge is -2.12. The van der Waals surface area contributed by atoms with Crippen molar-refractivity contribution in [2.45, 2.75) is 31.7 Å². The number of benzene rings is 1. The van der Waals surface area contributed by atoms with Crippen molar-refractivity contribution < 1.29 is 4.79 Å². The predicted molar refractivity (Wildman–Crippen MR) is 111 cm³/mol. The summed E-state index contributed by atoms with van der Waals surface area (Å²) in [5.74, 6) is -0.0463. The van der Waals surface area contributed by atoms with Gasteiger partial charge in [0.1, 0.15) is 0 Å². The second kappa shape index (κ2) is 7.47. The van der Waals surface area contributed by atoms with Crippen molar-refractivity contribution >= 4 is 11.6 Å². The molecule has 0 atom stereocenters. The molecule has 1 aliphatic rings. The molecule has 1 N–H and O–H groups in total. The van der Waals surface area contributed by atoms with Crippen LogP contribution in [0.4, 0.5) is 0 Å². The third kappa shape index (κ3) is 3.49. The van der Waals surface area contributed by atoms with Crippen LogP contribution in [0, 0.1) is 0 Å². The number of carbonyl (C=O) groups excluding carboxylic acids is 1. The second-order valence-corrected chi connectivity index (χ2v) is 7.39. The topological polar surface area (TPSA) is 72.2 Å². The molecule has 1 fully saturated rings. The average molecular weight is 383 g/mol. The van der Waals surface area contributed by atoms with Crippen LogP contribution < -0.4 is 5.32 Å². The predicted octanol–water partition coefficient (Wildman–Crippen LogP) is 4.13. The molecule has 3 heterocycles. The van der Waals surface area contributed by atoms with Crippen molar-refractivity contribution in [3.63, 3.8) is 0 Å². The molecule has 0 saturated heterocycles. The van der Waals surface area contributed by atoms with Gasteiger partial charge in [0.2, 0.25) is 0 Å². The molecular weight excluding hydrogens is 362 g/mol. The number of hydrogen-bond donors (Lipinski definition) is 1. The number of hydrogen-bond acceptors (Lipinski definition) is 4. The van der Waals surface area contributed by atoms with E-state index in [2.05, 4.69) is 15.4 Å². The molecule has 4 aromatic rings. The highest BCUT2D eigenvalue weighted by Gasteiger charge is 2.19. The molecule has 0 spiro atoms. The van der Waals surface area contributed by atoms with Gasteiger partial charge in [0.05, 0.1) is 23.1 Å². The van der Waals surface area contributed by atoms with Crippen molar-refractivity contribution in [3.8, 4) is 22.5 Å².